The van der Waals surface area contributed by atoms with Gasteiger partial charge in [0.1, 0.15) is 11.6 Å². The molecular weight excluding hydrogens is 339 g/mol. The summed E-state index contributed by atoms with van der Waals surface area (Å²) in [6.07, 6.45) is 0. The van der Waals surface area contributed by atoms with E-state index in [9.17, 15) is 14.0 Å². The summed E-state index contributed by atoms with van der Waals surface area (Å²) in [7, 11) is 1.26. The Hall–Kier alpha value is -3.55. The molecule has 1 amide bonds. The summed E-state index contributed by atoms with van der Waals surface area (Å²) in [6.45, 7) is 1.68. The quantitative estimate of drug-likeness (QED) is 0.728. The Kier molecular flexibility index (Phi) is 4.74. The molecule has 1 N–H and O–H groups in total. The molecule has 1 heterocycles. The van der Waals surface area contributed by atoms with Crippen LogP contribution in [0.25, 0.3) is 5.69 Å². The zero-order valence-corrected chi connectivity index (χ0v) is 14.1. The van der Waals surface area contributed by atoms with Crippen molar-refractivity contribution in [2.75, 3.05) is 12.4 Å². The average molecular weight is 354 g/mol. The average Bonchev–Trinajstić information content (AvgIpc) is 3.04. The molecule has 0 fully saturated rings. The summed E-state index contributed by atoms with van der Waals surface area (Å²) >= 11 is 0. The Balaban J connectivity index is 1.87. The number of carbonyl (C=O) groups is 2. The Morgan fingerprint density at radius 3 is 2.50 bits per heavy atom. The van der Waals surface area contributed by atoms with Crippen LogP contribution in [0.5, 0.6) is 0 Å². The second-order valence-corrected chi connectivity index (χ2v) is 5.36. The van der Waals surface area contributed by atoms with Crippen molar-refractivity contribution in [3.63, 3.8) is 0 Å². The molecule has 3 aromatic rings. The van der Waals surface area contributed by atoms with Crippen LogP contribution in [0, 0.1) is 12.7 Å². The van der Waals surface area contributed by atoms with Crippen LogP contribution in [0.1, 0.15) is 26.8 Å². The number of esters is 1. The van der Waals surface area contributed by atoms with Crippen LogP contribution in [0.2, 0.25) is 0 Å². The third-order valence-electron chi connectivity index (χ3n) is 3.62. The number of hydrogen-bond donors (Lipinski definition) is 1. The number of rotatable bonds is 4. The van der Waals surface area contributed by atoms with Crippen LogP contribution >= 0.6 is 0 Å². The number of carbonyl (C=O) groups excluding carboxylic acids is 2. The summed E-state index contributed by atoms with van der Waals surface area (Å²) < 4.78 is 19.2. The lowest BCUT2D eigenvalue weighted by Crippen LogP contribution is -2.17. The summed E-state index contributed by atoms with van der Waals surface area (Å²) in [5.41, 5.74) is 1.09. The third-order valence-corrected chi connectivity index (χ3v) is 3.62. The lowest BCUT2D eigenvalue weighted by Gasteiger charge is -2.07. The number of nitrogens with zero attached hydrogens (tertiary/aromatic N) is 3. The number of aromatic nitrogens is 3. The van der Waals surface area contributed by atoms with E-state index in [1.807, 2.05) is 0 Å². The van der Waals surface area contributed by atoms with Gasteiger partial charge in [-0.05, 0) is 43.3 Å². The predicted octanol–water partition coefficient (Wildman–Crippen LogP) is 2.75. The number of halogens is 1. The van der Waals surface area contributed by atoms with E-state index in [0.29, 0.717) is 17.2 Å². The number of aryl methyl sites for hydroxylation is 1. The molecule has 0 aliphatic rings. The monoisotopic (exact) mass is 354 g/mol. The van der Waals surface area contributed by atoms with Crippen molar-refractivity contribution in [2.45, 2.75) is 6.92 Å². The van der Waals surface area contributed by atoms with E-state index < -0.39 is 11.9 Å². The van der Waals surface area contributed by atoms with Crippen LogP contribution in [0.4, 0.5) is 10.1 Å². The number of hydrogen-bond acceptors (Lipinski definition) is 5. The van der Waals surface area contributed by atoms with E-state index in [-0.39, 0.29) is 17.2 Å². The number of ether oxygens (including phenoxy) is 1. The highest BCUT2D eigenvalue weighted by Gasteiger charge is 2.18. The van der Waals surface area contributed by atoms with Crippen LogP contribution in [0.3, 0.4) is 0 Å². The molecule has 0 radical (unpaired) electrons. The van der Waals surface area contributed by atoms with E-state index in [1.165, 1.54) is 42.1 Å². The number of methoxy groups -OCH3 is 1. The molecule has 7 nitrogen and oxygen atoms in total. The normalized spacial score (nSPS) is 10.4. The zero-order chi connectivity index (χ0) is 18.7. The third kappa shape index (κ3) is 3.44. The highest BCUT2D eigenvalue weighted by molar-refractivity contribution is 6.06. The highest BCUT2D eigenvalue weighted by Crippen LogP contribution is 2.17. The predicted molar refractivity (Wildman–Crippen MR) is 91.8 cm³/mol. The van der Waals surface area contributed by atoms with Gasteiger partial charge in [0.15, 0.2) is 0 Å². The van der Waals surface area contributed by atoms with Crippen LogP contribution in [-0.2, 0) is 4.74 Å². The van der Waals surface area contributed by atoms with Gasteiger partial charge in [-0.2, -0.15) is 0 Å². The fraction of sp³-hybridized carbons (Fsp3) is 0.111. The van der Waals surface area contributed by atoms with Gasteiger partial charge in [-0.15, -0.1) is 5.10 Å². The number of nitrogens with one attached hydrogen (secondary N) is 1. The highest BCUT2D eigenvalue weighted by atomic mass is 19.1. The minimum absolute atomic E-state index is 0.0773. The topological polar surface area (TPSA) is 86.1 Å². The van der Waals surface area contributed by atoms with Gasteiger partial charge in [0.2, 0.25) is 5.82 Å². The first kappa shape index (κ1) is 17.3. The number of benzene rings is 2. The molecule has 0 unspecified atom stereocenters. The molecule has 0 atom stereocenters. The molecule has 8 heteroatoms. The van der Waals surface area contributed by atoms with Crippen molar-refractivity contribution in [1.82, 2.24) is 14.8 Å². The van der Waals surface area contributed by atoms with Crippen molar-refractivity contribution in [3.8, 4) is 5.69 Å². The maximum absolute atomic E-state index is 13.1. The second kappa shape index (κ2) is 7.14. The first-order chi connectivity index (χ1) is 12.5. The molecule has 132 valence electrons. The maximum Gasteiger partial charge on any atom is 0.339 e. The minimum Gasteiger partial charge on any atom is -0.465 e. The minimum atomic E-state index is -0.578. The van der Waals surface area contributed by atoms with Gasteiger partial charge >= 0.3 is 5.97 Å². The molecule has 0 saturated carbocycles. The van der Waals surface area contributed by atoms with Gasteiger partial charge in [0, 0.05) is 0 Å². The van der Waals surface area contributed by atoms with Gasteiger partial charge < -0.3 is 10.1 Å². The largest absolute Gasteiger partial charge is 0.465 e. The number of para-hydroxylation sites is 1. The summed E-state index contributed by atoms with van der Waals surface area (Å²) in [5, 5.41) is 6.76. The van der Waals surface area contributed by atoms with Gasteiger partial charge in [-0.1, -0.05) is 12.1 Å². The van der Waals surface area contributed by atoms with Crippen LogP contribution < -0.4 is 5.32 Å². The molecule has 0 aliphatic carbocycles. The molecule has 0 aliphatic heterocycles. The van der Waals surface area contributed by atoms with Crippen molar-refractivity contribution >= 4 is 17.6 Å². The molecule has 26 heavy (non-hydrogen) atoms. The van der Waals surface area contributed by atoms with Gasteiger partial charge in [-0.3, -0.25) is 4.79 Å². The summed E-state index contributed by atoms with van der Waals surface area (Å²) in [4.78, 5) is 28.4. The first-order valence-corrected chi connectivity index (χ1v) is 7.68. The van der Waals surface area contributed by atoms with Crippen molar-refractivity contribution in [3.05, 3.63) is 71.6 Å². The number of amides is 1. The Morgan fingerprint density at radius 1 is 1.12 bits per heavy atom. The van der Waals surface area contributed by atoms with E-state index >= 15 is 0 Å². The van der Waals surface area contributed by atoms with E-state index in [1.54, 1.807) is 25.1 Å². The molecule has 0 spiro atoms. The van der Waals surface area contributed by atoms with E-state index in [2.05, 4.69) is 15.4 Å². The maximum atomic E-state index is 13.1. The Morgan fingerprint density at radius 2 is 1.81 bits per heavy atom. The Bertz CT molecular complexity index is 967. The fourth-order valence-electron chi connectivity index (χ4n) is 2.37. The Labute approximate surface area is 148 Å². The number of anilines is 1. The molecule has 0 bridgehead atoms. The molecular formula is C18H15FN4O3. The standard InChI is InChI=1S/C18H15FN4O3/c1-11-20-16(22-23(11)13-9-7-12(19)8-10-13)17(24)21-15-6-4-3-5-14(15)18(25)26-2/h3-10H,1-2H3,(H,21,24). The molecule has 3 rings (SSSR count). The van der Waals surface area contributed by atoms with Crippen LogP contribution in [0.15, 0.2) is 48.5 Å². The van der Waals surface area contributed by atoms with Crippen molar-refractivity contribution in [1.29, 1.82) is 0 Å². The molecule has 2 aromatic carbocycles. The van der Waals surface area contributed by atoms with Crippen molar-refractivity contribution < 1.29 is 18.7 Å². The lowest BCUT2D eigenvalue weighted by molar-refractivity contribution is 0.0602. The summed E-state index contributed by atoms with van der Waals surface area (Å²) in [6, 6.07) is 12.1. The van der Waals surface area contributed by atoms with E-state index in [4.69, 9.17) is 4.74 Å². The van der Waals surface area contributed by atoms with Gasteiger partial charge in [-0.25, -0.2) is 18.9 Å². The van der Waals surface area contributed by atoms with Gasteiger partial charge in [0.05, 0.1) is 24.0 Å². The SMILES string of the molecule is COC(=O)c1ccccc1NC(=O)c1nc(C)n(-c2ccc(F)cc2)n1. The smallest absolute Gasteiger partial charge is 0.339 e. The fourth-order valence-corrected chi connectivity index (χ4v) is 2.37. The summed E-state index contributed by atoms with van der Waals surface area (Å²) in [5.74, 6) is -1.13. The lowest BCUT2D eigenvalue weighted by atomic mass is 10.2. The molecule has 1 aromatic heterocycles. The molecule has 0 saturated heterocycles. The van der Waals surface area contributed by atoms with Crippen LogP contribution in [-0.4, -0.2) is 33.8 Å². The second-order valence-electron chi connectivity index (χ2n) is 5.36. The van der Waals surface area contributed by atoms with Gasteiger partial charge in [0.25, 0.3) is 5.91 Å². The first-order valence-electron chi connectivity index (χ1n) is 7.68. The van der Waals surface area contributed by atoms with E-state index in [0.717, 1.165) is 0 Å². The van der Waals surface area contributed by atoms with Crippen molar-refractivity contribution in [2.24, 2.45) is 0 Å². The zero-order valence-electron chi connectivity index (χ0n) is 14.1.